The fourth-order valence-electron chi connectivity index (χ4n) is 2.31. The number of hydrogen-bond acceptors (Lipinski definition) is 5. The lowest BCUT2D eigenvalue weighted by Gasteiger charge is -2.09. The van der Waals surface area contributed by atoms with Crippen LogP contribution in [0.25, 0.3) is 10.9 Å². The van der Waals surface area contributed by atoms with Crippen LogP contribution in [0.2, 0.25) is 0 Å². The fourth-order valence-corrected chi connectivity index (χ4v) is 2.31. The maximum Gasteiger partial charge on any atom is 0.213 e. The van der Waals surface area contributed by atoms with Gasteiger partial charge in [-0.15, -0.1) is 0 Å². The van der Waals surface area contributed by atoms with E-state index >= 15 is 0 Å². The second-order valence-corrected chi connectivity index (χ2v) is 5.45. The Balaban J connectivity index is 1.71. The highest BCUT2D eigenvalue weighted by molar-refractivity contribution is 5.82. The van der Waals surface area contributed by atoms with Crippen LogP contribution < -0.4 is 14.8 Å². The summed E-state index contributed by atoms with van der Waals surface area (Å²) in [4.78, 5) is 8.82. The highest BCUT2D eigenvalue weighted by atomic mass is 18.2. The first-order valence-electron chi connectivity index (χ1n) is 8.24. The summed E-state index contributed by atoms with van der Waals surface area (Å²) in [5.41, 5.74) is 1.66. The van der Waals surface area contributed by atoms with Crippen LogP contribution in [0, 0.1) is 0 Å². The Kier molecular flexibility index (Phi) is 5.61. The molecule has 3 aromatic rings. The van der Waals surface area contributed by atoms with Crippen LogP contribution in [0.15, 0.2) is 48.7 Å². The monoisotopic (exact) mass is 340 g/mol. The Morgan fingerprint density at radius 2 is 1.96 bits per heavy atom. The van der Waals surface area contributed by atoms with Crippen LogP contribution in [0.5, 0.6) is 11.6 Å². The van der Waals surface area contributed by atoms with Gasteiger partial charge in [0.1, 0.15) is 24.8 Å². The van der Waals surface area contributed by atoms with Gasteiger partial charge >= 0.3 is 0 Å². The lowest BCUT2D eigenvalue weighted by molar-refractivity contribution is 0.273. The number of aromatic nitrogens is 2. The highest BCUT2D eigenvalue weighted by Gasteiger charge is 2.03. The number of ether oxygens (including phenoxy) is 2. The Bertz CT molecular complexity index is 825. The van der Waals surface area contributed by atoms with Crippen molar-refractivity contribution in [1.29, 1.82) is 0 Å². The lowest BCUT2D eigenvalue weighted by atomic mass is 10.2. The standard InChI is InChI=1S/C19H20FN3O2/c1-2-10-25-19-8-4-15(13-21-19)22-18-7-3-14-12-16(24-11-9-20)5-6-17(14)23-18/h3-8,12-13H,2,9-11H2,1H3,(H,22,23)/i20-1. The van der Waals surface area contributed by atoms with E-state index in [1.54, 1.807) is 12.3 Å². The van der Waals surface area contributed by atoms with Gasteiger partial charge in [-0.3, -0.25) is 0 Å². The Labute approximate surface area is 145 Å². The largest absolute Gasteiger partial charge is 0.491 e. The third kappa shape index (κ3) is 4.56. The summed E-state index contributed by atoms with van der Waals surface area (Å²) >= 11 is 0. The molecule has 0 fully saturated rings. The van der Waals surface area contributed by atoms with Crippen molar-refractivity contribution in [3.05, 3.63) is 48.7 Å². The van der Waals surface area contributed by atoms with E-state index in [2.05, 4.69) is 22.2 Å². The third-order valence-corrected chi connectivity index (χ3v) is 3.47. The van der Waals surface area contributed by atoms with Crippen molar-refractivity contribution < 1.29 is 13.9 Å². The molecular formula is C19H20FN3O2. The van der Waals surface area contributed by atoms with Gasteiger partial charge in [-0.2, -0.15) is 0 Å². The van der Waals surface area contributed by atoms with Crippen molar-refractivity contribution in [2.24, 2.45) is 0 Å². The molecule has 0 saturated heterocycles. The minimum Gasteiger partial charge on any atom is -0.491 e. The fraction of sp³-hybridized carbons (Fsp3) is 0.263. The van der Waals surface area contributed by atoms with Crippen LogP contribution in [0.1, 0.15) is 13.3 Å². The quantitative estimate of drug-likeness (QED) is 0.654. The van der Waals surface area contributed by atoms with Crippen molar-refractivity contribution >= 4 is 22.4 Å². The van der Waals surface area contributed by atoms with Crippen molar-refractivity contribution in [2.45, 2.75) is 13.3 Å². The van der Waals surface area contributed by atoms with Gasteiger partial charge in [-0.05, 0) is 42.8 Å². The Hall–Kier alpha value is -2.89. The predicted molar refractivity (Wildman–Crippen MR) is 96.5 cm³/mol. The first-order chi connectivity index (χ1) is 12.3. The van der Waals surface area contributed by atoms with Crippen molar-refractivity contribution in [1.82, 2.24) is 9.97 Å². The average Bonchev–Trinajstić information content (AvgIpc) is 2.65. The van der Waals surface area contributed by atoms with Gasteiger partial charge in [0.15, 0.2) is 0 Å². The molecule has 25 heavy (non-hydrogen) atoms. The predicted octanol–water partition coefficient (Wildman–Crippen LogP) is 4.51. The summed E-state index contributed by atoms with van der Waals surface area (Å²) in [5, 5.41) is 4.15. The number of halogens is 1. The van der Waals surface area contributed by atoms with Gasteiger partial charge in [0.2, 0.25) is 5.88 Å². The molecule has 5 nitrogen and oxygen atoms in total. The van der Waals surface area contributed by atoms with Gasteiger partial charge in [-0.1, -0.05) is 6.92 Å². The molecule has 0 spiro atoms. The Morgan fingerprint density at radius 3 is 2.72 bits per heavy atom. The molecule has 0 aliphatic rings. The van der Waals surface area contributed by atoms with E-state index in [-0.39, 0.29) is 6.61 Å². The third-order valence-electron chi connectivity index (χ3n) is 3.47. The summed E-state index contributed by atoms with van der Waals surface area (Å²) in [7, 11) is 0. The molecule has 0 aliphatic carbocycles. The Morgan fingerprint density at radius 1 is 1.04 bits per heavy atom. The first kappa shape index (κ1) is 17.0. The number of alkyl halides is 1. The van der Waals surface area contributed by atoms with Gasteiger partial charge in [0.05, 0.1) is 24.0 Å². The molecule has 1 aromatic carbocycles. The summed E-state index contributed by atoms with van der Waals surface area (Å²) in [6.45, 7) is 2.26. The molecule has 0 bridgehead atoms. The summed E-state index contributed by atoms with van der Waals surface area (Å²) < 4.78 is 22.9. The zero-order valence-electron chi connectivity index (χ0n) is 14.0. The average molecular weight is 340 g/mol. The molecule has 130 valence electrons. The van der Waals surface area contributed by atoms with E-state index in [1.807, 2.05) is 36.4 Å². The molecular weight excluding hydrogens is 320 g/mol. The molecule has 0 aliphatic heterocycles. The topological polar surface area (TPSA) is 56.3 Å². The van der Waals surface area contributed by atoms with E-state index in [9.17, 15) is 4.39 Å². The molecule has 0 unspecified atom stereocenters. The van der Waals surface area contributed by atoms with E-state index < -0.39 is 6.67 Å². The zero-order valence-corrected chi connectivity index (χ0v) is 14.0. The maximum atomic E-state index is 12.2. The van der Waals surface area contributed by atoms with Crippen LogP contribution in [-0.2, 0) is 0 Å². The molecule has 2 heterocycles. The van der Waals surface area contributed by atoms with E-state index in [1.165, 1.54) is 0 Å². The number of fused-ring (bicyclic) bond motifs is 1. The number of pyridine rings is 2. The minimum absolute atomic E-state index is 0.0591. The van der Waals surface area contributed by atoms with Gasteiger partial charge < -0.3 is 14.8 Å². The van der Waals surface area contributed by atoms with Crippen molar-refractivity contribution in [2.75, 3.05) is 25.2 Å². The van der Waals surface area contributed by atoms with E-state index in [0.717, 1.165) is 23.0 Å². The molecule has 3 rings (SSSR count). The van der Waals surface area contributed by atoms with E-state index in [0.29, 0.717) is 24.1 Å². The maximum absolute atomic E-state index is 12.2. The van der Waals surface area contributed by atoms with Crippen LogP contribution >= 0.6 is 0 Å². The molecule has 1 N–H and O–H groups in total. The van der Waals surface area contributed by atoms with Crippen LogP contribution in [-0.4, -0.2) is 29.9 Å². The normalized spacial score (nSPS) is 10.6. The molecule has 6 heteroatoms. The molecule has 2 aromatic heterocycles. The first-order valence-corrected chi connectivity index (χ1v) is 8.24. The number of hydrogen-bond donors (Lipinski definition) is 1. The minimum atomic E-state index is -0.505. The SMILES string of the molecule is CCCOc1ccc(Nc2ccc3cc(OCC[18F])ccc3n2)cn1. The lowest BCUT2D eigenvalue weighted by Crippen LogP contribution is -1.99. The summed E-state index contributed by atoms with van der Waals surface area (Å²) in [6, 6.07) is 13.0. The van der Waals surface area contributed by atoms with Crippen molar-refractivity contribution in [3.63, 3.8) is 0 Å². The second-order valence-electron chi connectivity index (χ2n) is 5.45. The zero-order chi connectivity index (χ0) is 17.5. The van der Waals surface area contributed by atoms with Gasteiger partial charge in [-0.25, -0.2) is 14.4 Å². The van der Waals surface area contributed by atoms with Crippen molar-refractivity contribution in [3.8, 4) is 11.6 Å². The highest BCUT2D eigenvalue weighted by Crippen LogP contribution is 2.23. The van der Waals surface area contributed by atoms with Crippen LogP contribution in [0.3, 0.4) is 0 Å². The second kappa shape index (κ2) is 8.28. The van der Waals surface area contributed by atoms with Gasteiger partial charge in [0, 0.05) is 11.5 Å². The number of nitrogens with one attached hydrogen (secondary N) is 1. The molecule has 0 atom stereocenters. The van der Waals surface area contributed by atoms with Gasteiger partial charge in [0.25, 0.3) is 0 Å². The summed E-state index contributed by atoms with van der Waals surface area (Å²) in [6.07, 6.45) is 2.66. The molecule has 0 amide bonds. The van der Waals surface area contributed by atoms with Crippen LogP contribution in [0.4, 0.5) is 15.9 Å². The van der Waals surface area contributed by atoms with E-state index in [4.69, 9.17) is 9.47 Å². The number of benzene rings is 1. The smallest absolute Gasteiger partial charge is 0.213 e. The summed E-state index contributed by atoms with van der Waals surface area (Å²) in [5.74, 6) is 1.97. The molecule has 0 saturated carbocycles. The number of nitrogens with zero attached hydrogens (tertiary/aromatic N) is 2. The number of rotatable bonds is 8. The molecule has 0 radical (unpaired) electrons. The number of anilines is 2.